The van der Waals surface area contributed by atoms with Gasteiger partial charge in [0.25, 0.3) is 0 Å². The Morgan fingerprint density at radius 2 is 1.97 bits per heavy atom. The molecule has 0 aromatic carbocycles. The molecule has 0 bridgehead atoms. The molecule has 2 aliphatic carbocycles. The minimum absolute atomic E-state index is 0. The highest BCUT2D eigenvalue weighted by Gasteiger charge is 2.55. The molecular formula is C24H40IN5O. The molecule has 0 amide bonds. The van der Waals surface area contributed by atoms with Crippen LogP contribution in [0.3, 0.4) is 0 Å². The summed E-state index contributed by atoms with van der Waals surface area (Å²) in [5.74, 6) is 0.975. The smallest absolute Gasteiger partial charge is 0.191 e. The first-order valence-electron chi connectivity index (χ1n) is 12.0. The van der Waals surface area contributed by atoms with Crippen molar-refractivity contribution in [2.45, 2.75) is 83.0 Å². The van der Waals surface area contributed by atoms with Crippen LogP contribution in [0.4, 0.5) is 0 Å². The third-order valence-corrected chi connectivity index (χ3v) is 7.51. The zero-order valence-corrected chi connectivity index (χ0v) is 21.5. The number of aliphatic imine (C=N–C) groups is 1. The third kappa shape index (κ3) is 5.90. The van der Waals surface area contributed by atoms with E-state index in [1.807, 2.05) is 19.3 Å². The molecule has 0 radical (unpaired) electrons. The van der Waals surface area contributed by atoms with Crippen molar-refractivity contribution in [2.75, 3.05) is 26.7 Å². The van der Waals surface area contributed by atoms with Gasteiger partial charge in [-0.2, -0.15) is 0 Å². The fraction of sp³-hybridized carbons (Fsp3) is 0.750. The molecule has 1 spiro atoms. The van der Waals surface area contributed by atoms with Gasteiger partial charge < -0.3 is 15.4 Å². The van der Waals surface area contributed by atoms with E-state index in [0.29, 0.717) is 23.6 Å². The van der Waals surface area contributed by atoms with E-state index in [9.17, 15) is 0 Å². The second-order valence-corrected chi connectivity index (χ2v) is 9.26. The van der Waals surface area contributed by atoms with Gasteiger partial charge in [-0.25, -0.2) is 0 Å². The number of aromatic nitrogens is 1. The maximum atomic E-state index is 6.12. The maximum absolute atomic E-state index is 6.12. The summed E-state index contributed by atoms with van der Waals surface area (Å²) in [5.41, 5.74) is 1.48. The van der Waals surface area contributed by atoms with E-state index in [2.05, 4.69) is 44.6 Å². The van der Waals surface area contributed by atoms with E-state index < -0.39 is 0 Å². The molecule has 31 heavy (non-hydrogen) atoms. The molecule has 3 fully saturated rings. The Balaban J connectivity index is 0.00000272. The van der Waals surface area contributed by atoms with Crippen LogP contribution in [0.25, 0.3) is 0 Å². The third-order valence-electron chi connectivity index (χ3n) is 7.51. The van der Waals surface area contributed by atoms with Crippen LogP contribution in [0.5, 0.6) is 0 Å². The van der Waals surface area contributed by atoms with Gasteiger partial charge in [0.15, 0.2) is 5.96 Å². The van der Waals surface area contributed by atoms with Crippen molar-refractivity contribution in [3.63, 3.8) is 0 Å². The predicted molar refractivity (Wildman–Crippen MR) is 137 cm³/mol. The van der Waals surface area contributed by atoms with Gasteiger partial charge in [0.1, 0.15) is 0 Å². The van der Waals surface area contributed by atoms with Crippen LogP contribution in [0.1, 0.15) is 64.0 Å². The monoisotopic (exact) mass is 541 g/mol. The van der Waals surface area contributed by atoms with Crippen molar-refractivity contribution in [2.24, 2.45) is 10.4 Å². The molecule has 2 unspecified atom stereocenters. The Labute approximate surface area is 205 Å². The maximum Gasteiger partial charge on any atom is 0.191 e. The van der Waals surface area contributed by atoms with Gasteiger partial charge >= 0.3 is 0 Å². The average molecular weight is 542 g/mol. The number of hydrogen-bond acceptors (Lipinski definition) is 4. The Kier molecular flexibility index (Phi) is 9.40. The molecule has 4 rings (SSSR count). The second-order valence-electron chi connectivity index (χ2n) is 9.26. The van der Waals surface area contributed by atoms with Gasteiger partial charge in [-0.05, 0) is 51.2 Å². The number of likely N-dealkylation sites (tertiary alicyclic amines) is 1. The van der Waals surface area contributed by atoms with Crippen molar-refractivity contribution in [1.82, 2.24) is 20.5 Å². The lowest BCUT2D eigenvalue weighted by molar-refractivity contribution is -0.145. The summed E-state index contributed by atoms with van der Waals surface area (Å²) in [5, 5.41) is 7.50. The summed E-state index contributed by atoms with van der Waals surface area (Å²) >= 11 is 0. The number of halogens is 1. The van der Waals surface area contributed by atoms with Crippen molar-refractivity contribution in [3.05, 3.63) is 30.1 Å². The zero-order chi connectivity index (χ0) is 20.8. The molecule has 2 heterocycles. The molecule has 6 nitrogen and oxygen atoms in total. The number of pyridine rings is 1. The predicted octanol–water partition coefficient (Wildman–Crippen LogP) is 3.96. The molecule has 2 N–H and O–H groups in total. The molecule has 1 saturated heterocycles. The molecule has 1 aliphatic heterocycles. The molecular weight excluding hydrogens is 501 g/mol. The first-order valence-corrected chi connectivity index (χ1v) is 12.0. The molecule has 2 atom stereocenters. The van der Waals surface area contributed by atoms with Gasteiger partial charge in [-0.15, -0.1) is 24.0 Å². The van der Waals surface area contributed by atoms with Gasteiger partial charge in [-0.3, -0.25) is 14.9 Å². The summed E-state index contributed by atoms with van der Waals surface area (Å²) in [7, 11) is 1.90. The van der Waals surface area contributed by atoms with Gasteiger partial charge in [0.2, 0.25) is 0 Å². The Bertz CT molecular complexity index is 686. The number of rotatable bonds is 6. The van der Waals surface area contributed by atoms with Gasteiger partial charge in [-0.1, -0.05) is 25.3 Å². The van der Waals surface area contributed by atoms with Crippen molar-refractivity contribution in [3.8, 4) is 0 Å². The highest BCUT2D eigenvalue weighted by Crippen LogP contribution is 2.53. The Morgan fingerprint density at radius 1 is 1.19 bits per heavy atom. The summed E-state index contributed by atoms with van der Waals surface area (Å²) in [6, 6.07) is 7.15. The Hall–Kier alpha value is -0.930. The summed E-state index contributed by atoms with van der Waals surface area (Å²) in [4.78, 5) is 11.5. The van der Waals surface area contributed by atoms with Crippen molar-refractivity contribution < 1.29 is 4.74 Å². The fourth-order valence-electron chi connectivity index (χ4n) is 5.75. The summed E-state index contributed by atoms with van der Waals surface area (Å²) in [6.07, 6.45) is 12.3. The quantitative estimate of drug-likeness (QED) is 0.325. The number of nitrogens with one attached hydrogen (secondary N) is 2. The number of ether oxygens (including phenoxy) is 1. The fourth-order valence-corrected chi connectivity index (χ4v) is 5.75. The lowest BCUT2D eigenvalue weighted by atomic mass is 9.55. The van der Waals surface area contributed by atoms with Gasteiger partial charge in [0, 0.05) is 57.0 Å². The minimum Gasteiger partial charge on any atom is -0.378 e. The molecule has 1 aromatic rings. The van der Waals surface area contributed by atoms with Crippen molar-refractivity contribution in [1.29, 1.82) is 0 Å². The first kappa shape index (κ1) is 24.7. The lowest BCUT2D eigenvalue weighted by Gasteiger charge is -2.58. The van der Waals surface area contributed by atoms with Crippen LogP contribution in [-0.2, 0) is 11.3 Å². The first-order chi connectivity index (χ1) is 14.7. The van der Waals surface area contributed by atoms with E-state index in [1.165, 1.54) is 32.1 Å². The lowest BCUT2D eigenvalue weighted by Crippen LogP contribution is -2.67. The standard InChI is InChI=1S/C24H39N5O.HI/c1-3-30-22-17-21(24(22)12-6-4-7-13-24)28-23(25-2)27-19-10-15-29(16-11-19)18-20-9-5-8-14-26-20;/h5,8-9,14,19,21-22H,3-4,6-7,10-13,15-18H2,1-2H3,(H2,25,27,28);1H. The number of piperidine rings is 1. The summed E-state index contributed by atoms with van der Waals surface area (Å²) in [6.45, 7) is 6.10. The SMILES string of the molecule is CCOC1CC(NC(=NC)NC2CCN(Cc3ccccn3)CC2)C12CCCCC2.I. The van der Waals surface area contributed by atoms with Crippen LogP contribution in [-0.4, -0.2) is 60.8 Å². The van der Waals surface area contributed by atoms with E-state index in [0.717, 1.165) is 57.2 Å². The highest BCUT2D eigenvalue weighted by molar-refractivity contribution is 14.0. The Morgan fingerprint density at radius 3 is 2.61 bits per heavy atom. The number of nitrogens with zero attached hydrogens (tertiary/aromatic N) is 3. The van der Waals surface area contributed by atoms with E-state index in [1.54, 1.807) is 0 Å². The van der Waals surface area contributed by atoms with E-state index >= 15 is 0 Å². The number of guanidine groups is 1. The highest BCUT2D eigenvalue weighted by atomic mass is 127. The molecule has 2 saturated carbocycles. The van der Waals surface area contributed by atoms with Crippen molar-refractivity contribution >= 4 is 29.9 Å². The topological polar surface area (TPSA) is 61.8 Å². The molecule has 1 aromatic heterocycles. The molecule has 3 aliphatic rings. The van der Waals surface area contributed by atoms with Crippen LogP contribution in [0.2, 0.25) is 0 Å². The van der Waals surface area contributed by atoms with E-state index in [4.69, 9.17) is 4.74 Å². The second kappa shape index (κ2) is 11.8. The zero-order valence-electron chi connectivity index (χ0n) is 19.2. The average Bonchev–Trinajstić information content (AvgIpc) is 2.80. The molecule has 174 valence electrons. The van der Waals surface area contributed by atoms with Crippen LogP contribution < -0.4 is 10.6 Å². The normalized spacial score (nSPS) is 26.7. The number of hydrogen-bond donors (Lipinski definition) is 2. The molecule has 7 heteroatoms. The largest absolute Gasteiger partial charge is 0.378 e. The van der Waals surface area contributed by atoms with Gasteiger partial charge in [0.05, 0.1) is 11.8 Å². The van der Waals surface area contributed by atoms with E-state index in [-0.39, 0.29) is 24.0 Å². The van der Waals surface area contributed by atoms with Crippen LogP contribution >= 0.6 is 24.0 Å². The van der Waals surface area contributed by atoms with Crippen LogP contribution in [0, 0.1) is 5.41 Å². The van der Waals surface area contributed by atoms with Crippen LogP contribution in [0.15, 0.2) is 29.4 Å². The summed E-state index contributed by atoms with van der Waals surface area (Å²) < 4.78 is 6.12. The minimum atomic E-state index is 0.